The number of nitrogens with two attached hydrogens (primary N) is 1. The third kappa shape index (κ3) is 4.04. The molecule has 0 heterocycles. The van der Waals surface area contributed by atoms with Crippen molar-refractivity contribution in [3.63, 3.8) is 0 Å². The van der Waals surface area contributed by atoms with E-state index < -0.39 is 31.3 Å². The zero-order chi connectivity index (χ0) is 17.9. The van der Waals surface area contributed by atoms with Gasteiger partial charge in [0.1, 0.15) is 11.5 Å². The fourth-order valence-electron chi connectivity index (χ4n) is 1.73. The van der Waals surface area contributed by atoms with Crippen LogP contribution in [0.1, 0.15) is 5.56 Å². The number of rotatable bonds is 5. The van der Waals surface area contributed by atoms with Gasteiger partial charge in [-0.15, -0.1) is 0 Å². The summed E-state index contributed by atoms with van der Waals surface area (Å²) in [5.74, 6) is -0.618. The van der Waals surface area contributed by atoms with Gasteiger partial charge in [0.05, 0.1) is 21.1 Å². The Labute approximate surface area is 140 Å². The van der Waals surface area contributed by atoms with Crippen molar-refractivity contribution in [3.8, 4) is 0 Å². The zero-order valence-electron chi connectivity index (χ0n) is 11.8. The molecule has 2 aromatic carbocycles. The first-order chi connectivity index (χ1) is 11.2. The van der Waals surface area contributed by atoms with Gasteiger partial charge in [0, 0.05) is 11.6 Å². The Morgan fingerprint density at radius 2 is 2.04 bits per heavy atom. The number of anilines is 1. The highest BCUT2D eigenvalue weighted by Gasteiger charge is 2.18. The van der Waals surface area contributed by atoms with Crippen LogP contribution >= 0.6 is 11.6 Å². The van der Waals surface area contributed by atoms with Crippen LogP contribution in [0, 0.1) is 15.9 Å². The topological polar surface area (TPSA) is 128 Å². The molecule has 0 bridgehead atoms. The molecule has 11 heteroatoms. The minimum absolute atomic E-state index is 0.00419. The number of hydrogen-bond donors (Lipinski definition) is 2. The van der Waals surface area contributed by atoms with E-state index in [2.05, 4.69) is 10.5 Å². The summed E-state index contributed by atoms with van der Waals surface area (Å²) in [6.45, 7) is 0. The van der Waals surface area contributed by atoms with Crippen LogP contribution < -0.4 is 10.6 Å². The first kappa shape index (κ1) is 17.8. The predicted molar refractivity (Wildman–Crippen MR) is 87.1 cm³/mol. The summed E-state index contributed by atoms with van der Waals surface area (Å²) in [7, 11) is -4.09. The number of hydrogen-bond acceptors (Lipinski definition) is 6. The van der Waals surface area contributed by atoms with Crippen LogP contribution in [0.5, 0.6) is 0 Å². The molecule has 2 rings (SSSR count). The van der Waals surface area contributed by atoms with Gasteiger partial charge < -0.3 is 0 Å². The molecule has 126 valence electrons. The fourth-order valence-corrected chi connectivity index (χ4v) is 2.48. The second-order valence-corrected chi connectivity index (χ2v) is 6.46. The lowest BCUT2D eigenvalue weighted by Gasteiger charge is -2.04. The summed E-state index contributed by atoms with van der Waals surface area (Å²) in [5.41, 5.74) is 1.68. The first-order valence-corrected chi connectivity index (χ1v) is 8.17. The van der Waals surface area contributed by atoms with Gasteiger partial charge in [-0.1, -0.05) is 17.7 Å². The average Bonchev–Trinajstić information content (AvgIpc) is 2.49. The van der Waals surface area contributed by atoms with Gasteiger partial charge in [-0.05, 0) is 24.3 Å². The van der Waals surface area contributed by atoms with E-state index in [1.54, 1.807) is 0 Å². The molecule has 0 aromatic heterocycles. The number of nitrogens with one attached hydrogen (secondary N) is 1. The first-order valence-electron chi connectivity index (χ1n) is 6.24. The van der Waals surface area contributed by atoms with Crippen molar-refractivity contribution in [2.75, 3.05) is 5.43 Å². The molecule has 0 unspecified atom stereocenters. The van der Waals surface area contributed by atoms with Gasteiger partial charge >= 0.3 is 0 Å². The molecular formula is C13H10ClFN4O4S. The van der Waals surface area contributed by atoms with Crippen LogP contribution in [0.25, 0.3) is 0 Å². The molecule has 0 aliphatic heterocycles. The number of nitro groups is 1. The van der Waals surface area contributed by atoms with Crippen molar-refractivity contribution in [2.45, 2.75) is 4.90 Å². The minimum Gasteiger partial charge on any atom is -0.272 e. The smallest absolute Gasteiger partial charge is 0.272 e. The lowest BCUT2D eigenvalue weighted by atomic mass is 10.2. The molecule has 0 atom stereocenters. The Balaban J connectivity index is 2.33. The van der Waals surface area contributed by atoms with Crippen molar-refractivity contribution in [1.29, 1.82) is 0 Å². The minimum atomic E-state index is -4.09. The number of primary sulfonamides is 1. The standard InChI is InChI=1S/C13H10ClFN4O4S/c14-10-2-1-3-11(15)9(10)7-17-18-12-5-4-8(24(16,22)23)6-13(12)19(20)21/h1-7,18H,(H2,16,22,23). The Morgan fingerprint density at radius 3 is 2.62 bits per heavy atom. The number of nitrogens with zero attached hydrogens (tertiary/aromatic N) is 2. The molecule has 0 saturated heterocycles. The summed E-state index contributed by atoms with van der Waals surface area (Å²) in [6, 6.07) is 7.04. The van der Waals surface area contributed by atoms with E-state index in [0.717, 1.165) is 24.4 Å². The Bertz CT molecular complexity index is 913. The van der Waals surface area contributed by atoms with Gasteiger partial charge in [-0.3, -0.25) is 15.5 Å². The Morgan fingerprint density at radius 1 is 1.33 bits per heavy atom. The van der Waals surface area contributed by atoms with E-state index in [0.29, 0.717) is 0 Å². The lowest BCUT2D eigenvalue weighted by molar-refractivity contribution is -0.384. The van der Waals surface area contributed by atoms with Crippen molar-refractivity contribution in [3.05, 3.63) is 62.9 Å². The molecule has 0 spiro atoms. The summed E-state index contributed by atoms with van der Waals surface area (Å²) in [4.78, 5) is 9.82. The summed E-state index contributed by atoms with van der Waals surface area (Å²) in [5, 5.41) is 19.8. The maximum absolute atomic E-state index is 13.6. The van der Waals surface area contributed by atoms with E-state index >= 15 is 0 Å². The quantitative estimate of drug-likeness (QED) is 0.473. The van der Waals surface area contributed by atoms with Crippen LogP contribution in [0.4, 0.5) is 15.8 Å². The van der Waals surface area contributed by atoms with E-state index in [-0.39, 0.29) is 16.3 Å². The van der Waals surface area contributed by atoms with Gasteiger partial charge in [-0.2, -0.15) is 5.10 Å². The molecule has 0 fully saturated rings. The monoisotopic (exact) mass is 372 g/mol. The van der Waals surface area contributed by atoms with Gasteiger partial charge in [0.25, 0.3) is 5.69 Å². The Hall–Kier alpha value is -2.56. The van der Waals surface area contributed by atoms with Crippen molar-refractivity contribution in [1.82, 2.24) is 0 Å². The average molecular weight is 373 g/mol. The molecule has 0 amide bonds. The highest BCUT2D eigenvalue weighted by Crippen LogP contribution is 2.27. The molecule has 0 aliphatic carbocycles. The van der Waals surface area contributed by atoms with Crippen molar-refractivity contribution in [2.24, 2.45) is 10.2 Å². The molecule has 2 aromatic rings. The SMILES string of the molecule is NS(=O)(=O)c1ccc(NN=Cc2c(F)cccc2Cl)c([N+](=O)[O-])c1. The van der Waals surface area contributed by atoms with Gasteiger partial charge in [0.2, 0.25) is 10.0 Å². The van der Waals surface area contributed by atoms with Crippen LogP contribution in [0.3, 0.4) is 0 Å². The number of halogens is 2. The van der Waals surface area contributed by atoms with E-state index in [4.69, 9.17) is 16.7 Å². The summed E-state index contributed by atoms with van der Waals surface area (Å²) in [6.07, 6.45) is 1.05. The predicted octanol–water partition coefficient (Wildman–Crippen LogP) is 2.48. The highest BCUT2D eigenvalue weighted by atomic mass is 35.5. The Kier molecular flexibility index (Phi) is 5.12. The van der Waals surface area contributed by atoms with Gasteiger partial charge in [0.15, 0.2) is 0 Å². The molecule has 8 nitrogen and oxygen atoms in total. The second kappa shape index (κ2) is 6.91. The zero-order valence-corrected chi connectivity index (χ0v) is 13.4. The summed E-state index contributed by atoms with van der Waals surface area (Å²) >= 11 is 5.82. The molecular weight excluding hydrogens is 363 g/mol. The number of hydrazone groups is 1. The third-order valence-corrected chi connectivity index (χ3v) is 4.11. The molecule has 3 N–H and O–H groups in total. The van der Waals surface area contributed by atoms with Crippen LogP contribution in [0.2, 0.25) is 5.02 Å². The fraction of sp³-hybridized carbons (Fsp3) is 0. The van der Waals surface area contributed by atoms with Gasteiger partial charge in [-0.25, -0.2) is 17.9 Å². The van der Waals surface area contributed by atoms with Crippen LogP contribution in [-0.4, -0.2) is 19.6 Å². The van der Waals surface area contributed by atoms with Crippen LogP contribution in [-0.2, 0) is 10.0 Å². The number of nitro benzene ring substituents is 1. The number of sulfonamides is 1. The van der Waals surface area contributed by atoms with Crippen molar-refractivity contribution >= 4 is 39.2 Å². The normalized spacial score (nSPS) is 11.6. The van der Waals surface area contributed by atoms with Crippen LogP contribution in [0.15, 0.2) is 46.4 Å². The maximum Gasteiger partial charge on any atom is 0.295 e. The lowest BCUT2D eigenvalue weighted by Crippen LogP contribution is -2.12. The molecule has 0 radical (unpaired) electrons. The second-order valence-electron chi connectivity index (χ2n) is 4.49. The van der Waals surface area contributed by atoms with E-state index in [9.17, 15) is 22.9 Å². The van der Waals surface area contributed by atoms with Crippen molar-refractivity contribution < 1.29 is 17.7 Å². The van der Waals surface area contributed by atoms with E-state index in [1.807, 2.05) is 0 Å². The molecule has 0 saturated carbocycles. The third-order valence-electron chi connectivity index (χ3n) is 2.87. The van der Waals surface area contributed by atoms with E-state index in [1.165, 1.54) is 18.2 Å². The highest BCUT2D eigenvalue weighted by molar-refractivity contribution is 7.89. The number of benzene rings is 2. The summed E-state index contributed by atoms with van der Waals surface area (Å²) < 4.78 is 36.1. The maximum atomic E-state index is 13.6. The molecule has 24 heavy (non-hydrogen) atoms. The largest absolute Gasteiger partial charge is 0.295 e. The molecule has 0 aliphatic rings.